The summed E-state index contributed by atoms with van der Waals surface area (Å²) in [5, 5.41) is 0. The standard InChI is InChI=1S/C18H6F32/c1-3(19,20)5(23,24)7(27,28)9(31,32)11(35,36)13(39,40)15(43,44)17(47,48)18(49,50)16(45,46)14(41,42)12(37,38)10(33,34)8(29,30)6(25,26)4(2,21)22/h1-2H3. The summed E-state index contributed by atoms with van der Waals surface area (Å²) in [6.45, 7) is -3.30. The van der Waals surface area contributed by atoms with E-state index < -0.39 is 109 Å². The van der Waals surface area contributed by atoms with Crippen molar-refractivity contribution in [3.63, 3.8) is 0 Å². The molecule has 0 saturated heterocycles. The van der Waals surface area contributed by atoms with Gasteiger partial charge in [-0.1, -0.05) is 0 Å². The molecule has 0 aliphatic carbocycles. The average molecular weight is 830 g/mol. The molecule has 0 heterocycles. The second kappa shape index (κ2) is 11.1. The minimum absolute atomic E-state index is 1.65. The molecule has 0 aliphatic heterocycles. The normalized spacial score (nSPS) is 17.4. The zero-order chi connectivity index (χ0) is 42.0. The molecule has 0 aliphatic rings. The van der Waals surface area contributed by atoms with Gasteiger partial charge in [0.05, 0.1) is 0 Å². The quantitative estimate of drug-likeness (QED) is 0.144. The maximum absolute atomic E-state index is 13.8. The van der Waals surface area contributed by atoms with E-state index in [0.29, 0.717) is 0 Å². The van der Waals surface area contributed by atoms with E-state index in [1.54, 1.807) is 0 Å². The minimum Gasteiger partial charge on any atom is -0.200 e. The van der Waals surface area contributed by atoms with Crippen molar-refractivity contribution in [2.24, 2.45) is 0 Å². The second-order valence-electron chi connectivity index (χ2n) is 9.82. The Morgan fingerprint density at radius 3 is 0.260 bits per heavy atom. The van der Waals surface area contributed by atoms with Crippen molar-refractivity contribution in [3.8, 4) is 0 Å². The Bertz CT molecular complexity index is 1140. The van der Waals surface area contributed by atoms with Crippen molar-refractivity contribution in [2.45, 2.75) is 109 Å². The molecule has 0 nitrogen and oxygen atoms in total. The first kappa shape index (κ1) is 47.8. The fourth-order valence-corrected chi connectivity index (χ4v) is 2.92. The SMILES string of the molecule is CC(F)(F)C(F)(F)C(F)(F)C(F)(F)C(F)(F)C(F)(F)C(F)(F)C(F)(F)C(F)(F)C(F)(F)C(F)(F)C(F)(F)C(F)(F)C(F)(F)C(F)(F)C(C)(F)F. The molecule has 0 saturated carbocycles. The van der Waals surface area contributed by atoms with Crippen molar-refractivity contribution in [3.05, 3.63) is 0 Å². The summed E-state index contributed by atoms with van der Waals surface area (Å²) in [6, 6.07) is 0. The van der Waals surface area contributed by atoms with E-state index in [1.165, 1.54) is 0 Å². The van der Waals surface area contributed by atoms with E-state index in [1.807, 2.05) is 0 Å². The van der Waals surface area contributed by atoms with Crippen molar-refractivity contribution >= 4 is 0 Å². The molecule has 0 aromatic rings. The summed E-state index contributed by atoms with van der Waals surface area (Å²) < 4.78 is 430. The number of hydrogen-bond donors (Lipinski definition) is 0. The maximum atomic E-state index is 13.8. The van der Waals surface area contributed by atoms with E-state index in [-0.39, 0.29) is 0 Å². The van der Waals surface area contributed by atoms with Gasteiger partial charge in [0.25, 0.3) is 0 Å². The molecule has 0 unspecified atom stereocenters. The van der Waals surface area contributed by atoms with E-state index in [2.05, 4.69) is 0 Å². The molecule has 0 radical (unpaired) electrons. The first-order valence-corrected chi connectivity index (χ1v) is 10.8. The number of hydrogen-bond acceptors (Lipinski definition) is 0. The fraction of sp³-hybridized carbons (Fsp3) is 1.00. The highest BCUT2D eigenvalue weighted by molar-refractivity contribution is 5.22. The Hall–Kier alpha value is -2.24. The molecule has 0 bridgehead atoms. The van der Waals surface area contributed by atoms with Crippen LogP contribution in [0.25, 0.3) is 0 Å². The maximum Gasteiger partial charge on any atom is 0.385 e. The van der Waals surface area contributed by atoms with E-state index in [0.717, 1.165) is 0 Å². The van der Waals surface area contributed by atoms with Crippen LogP contribution in [0.3, 0.4) is 0 Å². The molecule has 302 valence electrons. The molecule has 0 spiro atoms. The first-order chi connectivity index (χ1) is 20.8. The Morgan fingerprint density at radius 2 is 0.200 bits per heavy atom. The monoisotopic (exact) mass is 830 g/mol. The molecular weight excluding hydrogens is 824 g/mol. The highest BCUT2D eigenvalue weighted by Crippen LogP contribution is 2.69. The molecule has 0 amide bonds. The fourth-order valence-electron chi connectivity index (χ4n) is 2.92. The van der Waals surface area contributed by atoms with Crippen LogP contribution in [0.5, 0.6) is 0 Å². The van der Waals surface area contributed by atoms with Gasteiger partial charge >= 0.3 is 94.8 Å². The lowest BCUT2D eigenvalue weighted by molar-refractivity contribution is -0.489. The Balaban J connectivity index is 7.70. The molecule has 0 rings (SSSR count). The number of halogens is 32. The van der Waals surface area contributed by atoms with Crippen LogP contribution in [0, 0.1) is 0 Å². The van der Waals surface area contributed by atoms with Crippen LogP contribution in [0.15, 0.2) is 0 Å². The summed E-state index contributed by atoms with van der Waals surface area (Å²) in [5.74, 6) is -147. The van der Waals surface area contributed by atoms with Gasteiger partial charge in [-0.3, -0.25) is 0 Å². The minimum atomic E-state index is -10.1. The lowest BCUT2D eigenvalue weighted by Crippen LogP contribution is -2.79. The summed E-state index contributed by atoms with van der Waals surface area (Å²) in [7, 11) is 0. The van der Waals surface area contributed by atoms with Crippen LogP contribution in [0.4, 0.5) is 140 Å². The van der Waals surface area contributed by atoms with E-state index in [4.69, 9.17) is 0 Å². The molecule has 0 aromatic carbocycles. The smallest absolute Gasteiger partial charge is 0.200 e. The Labute approximate surface area is 250 Å². The summed E-state index contributed by atoms with van der Waals surface area (Å²) in [4.78, 5) is 0. The van der Waals surface area contributed by atoms with E-state index in [9.17, 15) is 140 Å². The Kier molecular flexibility index (Phi) is 10.6. The van der Waals surface area contributed by atoms with Gasteiger partial charge in [-0.15, -0.1) is 0 Å². The molecule has 0 N–H and O–H groups in total. The van der Waals surface area contributed by atoms with Crippen molar-refractivity contribution in [2.75, 3.05) is 0 Å². The summed E-state index contributed by atoms with van der Waals surface area (Å²) >= 11 is 0. The van der Waals surface area contributed by atoms with Crippen LogP contribution in [-0.4, -0.2) is 94.8 Å². The second-order valence-corrected chi connectivity index (χ2v) is 9.82. The van der Waals surface area contributed by atoms with Crippen LogP contribution in [-0.2, 0) is 0 Å². The summed E-state index contributed by atoms with van der Waals surface area (Å²) in [6.07, 6.45) is 0. The number of alkyl halides is 32. The molecular formula is C18H6F32. The van der Waals surface area contributed by atoms with Crippen LogP contribution >= 0.6 is 0 Å². The molecule has 0 atom stereocenters. The van der Waals surface area contributed by atoms with Gasteiger partial charge in [0, 0.05) is 13.8 Å². The Morgan fingerprint density at radius 1 is 0.140 bits per heavy atom. The molecule has 32 heteroatoms. The summed E-state index contributed by atoms with van der Waals surface area (Å²) in [5.41, 5.74) is 0. The highest BCUT2D eigenvalue weighted by Gasteiger charge is 3.01. The lowest BCUT2D eigenvalue weighted by atomic mass is 9.82. The van der Waals surface area contributed by atoms with Gasteiger partial charge < -0.3 is 0 Å². The first-order valence-electron chi connectivity index (χ1n) is 10.8. The highest BCUT2D eigenvalue weighted by atomic mass is 19.4. The zero-order valence-corrected chi connectivity index (χ0v) is 22.1. The van der Waals surface area contributed by atoms with Crippen LogP contribution < -0.4 is 0 Å². The third-order valence-electron chi connectivity index (χ3n) is 6.23. The van der Waals surface area contributed by atoms with Gasteiger partial charge in [0.2, 0.25) is 0 Å². The van der Waals surface area contributed by atoms with Gasteiger partial charge in [-0.2, -0.15) is 140 Å². The van der Waals surface area contributed by atoms with Crippen LogP contribution in [0.1, 0.15) is 13.8 Å². The molecule has 0 fully saturated rings. The predicted molar refractivity (Wildman–Crippen MR) is 90.5 cm³/mol. The molecule has 50 heavy (non-hydrogen) atoms. The van der Waals surface area contributed by atoms with Gasteiger partial charge in [-0.05, 0) is 0 Å². The predicted octanol–water partition coefficient (Wildman–Crippen LogP) is 11.2. The largest absolute Gasteiger partial charge is 0.385 e. The zero-order valence-electron chi connectivity index (χ0n) is 22.1. The van der Waals surface area contributed by atoms with Crippen molar-refractivity contribution in [1.29, 1.82) is 0 Å². The third kappa shape index (κ3) is 5.20. The topological polar surface area (TPSA) is 0 Å². The van der Waals surface area contributed by atoms with Gasteiger partial charge in [-0.25, -0.2) is 0 Å². The lowest BCUT2D eigenvalue weighted by Gasteiger charge is -2.47. The molecule has 0 aromatic heterocycles. The average Bonchev–Trinajstić information content (AvgIpc) is 2.85. The van der Waals surface area contributed by atoms with Crippen molar-refractivity contribution < 1.29 is 140 Å². The van der Waals surface area contributed by atoms with Crippen LogP contribution in [0.2, 0.25) is 0 Å². The van der Waals surface area contributed by atoms with Crippen molar-refractivity contribution in [1.82, 2.24) is 0 Å². The number of rotatable bonds is 15. The van der Waals surface area contributed by atoms with Gasteiger partial charge in [0.15, 0.2) is 0 Å². The van der Waals surface area contributed by atoms with E-state index >= 15 is 0 Å². The third-order valence-corrected chi connectivity index (χ3v) is 6.23. The van der Waals surface area contributed by atoms with Gasteiger partial charge in [0.1, 0.15) is 0 Å².